The number of nitrogens with zero attached hydrogens (tertiary/aromatic N) is 2. The minimum absolute atomic E-state index is 0.457. The van der Waals surface area contributed by atoms with E-state index in [0.29, 0.717) is 6.04 Å². The van der Waals surface area contributed by atoms with Crippen LogP contribution in [-0.4, -0.2) is 36.3 Å². The van der Waals surface area contributed by atoms with Gasteiger partial charge in [0.1, 0.15) is 0 Å². The van der Waals surface area contributed by atoms with Gasteiger partial charge in [-0.2, -0.15) is 5.10 Å². The zero-order valence-corrected chi connectivity index (χ0v) is 11.3. The van der Waals surface area contributed by atoms with Gasteiger partial charge in [0.05, 0.1) is 18.3 Å². The third-order valence-corrected chi connectivity index (χ3v) is 4.05. The van der Waals surface area contributed by atoms with Crippen molar-refractivity contribution in [2.24, 2.45) is 5.10 Å². The Bertz CT molecular complexity index is 421. The zero-order valence-electron chi connectivity index (χ0n) is 9.69. The number of likely N-dealkylation sites (tertiary alicyclic amines) is 1. The fraction of sp³-hybridized carbons (Fsp3) is 0.462. The van der Waals surface area contributed by atoms with E-state index in [-0.39, 0.29) is 0 Å². The molecule has 90 valence electrons. The lowest BCUT2D eigenvalue weighted by atomic mass is 10.0. The molecule has 1 N–H and O–H groups in total. The first-order valence-corrected chi connectivity index (χ1v) is 6.94. The molecule has 2 aliphatic rings. The van der Waals surface area contributed by atoms with Crippen molar-refractivity contribution < 1.29 is 0 Å². The Labute approximate surface area is 110 Å². The Morgan fingerprint density at radius 1 is 1.18 bits per heavy atom. The first kappa shape index (κ1) is 11.2. The molecule has 3 nitrogen and oxygen atoms in total. The summed E-state index contributed by atoms with van der Waals surface area (Å²) in [4.78, 5) is 2.54. The molecule has 0 radical (unpaired) electrons. The van der Waals surface area contributed by atoms with Gasteiger partial charge in [-0.25, -0.2) is 0 Å². The van der Waals surface area contributed by atoms with Gasteiger partial charge >= 0.3 is 0 Å². The number of benzene rings is 1. The van der Waals surface area contributed by atoms with E-state index >= 15 is 0 Å². The van der Waals surface area contributed by atoms with Crippen LogP contribution in [0.5, 0.6) is 0 Å². The molecule has 0 saturated carbocycles. The number of hydrogen-bond acceptors (Lipinski definition) is 3. The number of hydrogen-bond donors (Lipinski definition) is 1. The van der Waals surface area contributed by atoms with Gasteiger partial charge in [-0.1, -0.05) is 28.1 Å². The first-order chi connectivity index (χ1) is 8.34. The van der Waals surface area contributed by atoms with Gasteiger partial charge in [-0.05, 0) is 43.6 Å². The third-order valence-electron chi connectivity index (χ3n) is 3.52. The molecule has 2 aliphatic heterocycles. The lowest BCUT2D eigenvalue weighted by Gasteiger charge is -2.23. The summed E-state index contributed by atoms with van der Waals surface area (Å²) in [6, 6.07) is 8.89. The highest BCUT2D eigenvalue weighted by atomic mass is 79.9. The van der Waals surface area contributed by atoms with Gasteiger partial charge in [-0.3, -0.25) is 4.90 Å². The summed E-state index contributed by atoms with van der Waals surface area (Å²) in [6.45, 7) is 3.37. The first-order valence-electron chi connectivity index (χ1n) is 6.15. The second-order valence-electron chi connectivity index (χ2n) is 4.63. The van der Waals surface area contributed by atoms with E-state index < -0.39 is 0 Å². The van der Waals surface area contributed by atoms with Crippen LogP contribution >= 0.6 is 15.9 Å². The van der Waals surface area contributed by atoms with E-state index in [9.17, 15) is 0 Å². The average molecular weight is 294 g/mol. The molecule has 1 atom stereocenters. The summed E-state index contributed by atoms with van der Waals surface area (Å²) in [6.07, 6.45) is 2.65. The Kier molecular flexibility index (Phi) is 3.16. The molecule has 2 heterocycles. The summed E-state index contributed by atoms with van der Waals surface area (Å²) in [5.41, 5.74) is 5.57. The summed E-state index contributed by atoms with van der Waals surface area (Å²) >= 11 is 3.47. The molecular weight excluding hydrogens is 278 g/mol. The lowest BCUT2D eigenvalue weighted by molar-refractivity contribution is 0.304. The van der Waals surface area contributed by atoms with E-state index in [4.69, 9.17) is 0 Å². The van der Waals surface area contributed by atoms with Crippen LogP contribution in [0.4, 0.5) is 0 Å². The maximum absolute atomic E-state index is 4.47. The quantitative estimate of drug-likeness (QED) is 0.905. The van der Waals surface area contributed by atoms with Crippen molar-refractivity contribution in [3.63, 3.8) is 0 Å². The van der Waals surface area contributed by atoms with E-state index in [2.05, 4.69) is 55.6 Å². The minimum Gasteiger partial charge on any atom is -0.308 e. The van der Waals surface area contributed by atoms with Crippen molar-refractivity contribution >= 4 is 21.6 Å². The van der Waals surface area contributed by atoms with Crippen LogP contribution in [0, 0.1) is 0 Å². The summed E-state index contributed by atoms with van der Waals surface area (Å²) in [5, 5.41) is 4.47. The highest BCUT2D eigenvalue weighted by Crippen LogP contribution is 2.20. The van der Waals surface area contributed by atoms with Crippen LogP contribution in [0.15, 0.2) is 33.8 Å². The predicted octanol–water partition coefficient (Wildman–Crippen LogP) is 2.22. The van der Waals surface area contributed by atoms with Crippen molar-refractivity contribution in [2.45, 2.75) is 18.9 Å². The number of hydrazone groups is 1. The zero-order chi connectivity index (χ0) is 11.7. The molecular formula is C13H16BrN3. The van der Waals surface area contributed by atoms with Crippen LogP contribution in [0.3, 0.4) is 0 Å². The summed E-state index contributed by atoms with van der Waals surface area (Å²) < 4.78 is 1.12. The predicted molar refractivity (Wildman–Crippen MR) is 73.3 cm³/mol. The van der Waals surface area contributed by atoms with E-state index in [1.807, 2.05) is 0 Å². The number of nitrogens with one attached hydrogen (secondary N) is 1. The average Bonchev–Trinajstić information content (AvgIpc) is 3.00. The van der Waals surface area contributed by atoms with E-state index in [0.717, 1.165) is 11.0 Å². The van der Waals surface area contributed by atoms with E-state index in [1.165, 1.54) is 37.2 Å². The van der Waals surface area contributed by atoms with Gasteiger partial charge < -0.3 is 5.43 Å². The normalized spacial score (nSPS) is 24.8. The maximum Gasteiger partial charge on any atom is 0.0865 e. The highest BCUT2D eigenvalue weighted by molar-refractivity contribution is 9.10. The van der Waals surface area contributed by atoms with Crippen molar-refractivity contribution in [2.75, 3.05) is 19.6 Å². The van der Waals surface area contributed by atoms with Crippen molar-refractivity contribution in [1.82, 2.24) is 10.3 Å². The van der Waals surface area contributed by atoms with Gasteiger partial charge in [0.15, 0.2) is 0 Å². The topological polar surface area (TPSA) is 27.6 Å². The van der Waals surface area contributed by atoms with Gasteiger partial charge in [-0.15, -0.1) is 0 Å². The molecule has 1 fully saturated rings. The van der Waals surface area contributed by atoms with Crippen LogP contribution in [0.1, 0.15) is 18.4 Å². The second kappa shape index (κ2) is 4.78. The van der Waals surface area contributed by atoms with Crippen LogP contribution < -0.4 is 5.43 Å². The molecule has 1 aromatic carbocycles. The molecule has 0 spiro atoms. The van der Waals surface area contributed by atoms with Gasteiger partial charge in [0, 0.05) is 4.47 Å². The fourth-order valence-corrected chi connectivity index (χ4v) is 2.89. The van der Waals surface area contributed by atoms with Crippen molar-refractivity contribution in [3.05, 3.63) is 34.3 Å². The number of rotatable bonds is 2. The van der Waals surface area contributed by atoms with Gasteiger partial charge in [0.25, 0.3) is 0 Å². The Morgan fingerprint density at radius 2 is 1.88 bits per heavy atom. The molecule has 0 bridgehead atoms. The SMILES string of the molecule is Brc1ccc(C2=NNCC2N2CCCC2)cc1. The summed E-state index contributed by atoms with van der Waals surface area (Å²) in [7, 11) is 0. The Hall–Kier alpha value is -0.870. The largest absolute Gasteiger partial charge is 0.308 e. The highest BCUT2D eigenvalue weighted by Gasteiger charge is 2.30. The maximum atomic E-state index is 4.47. The Morgan fingerprint density at radius 3 is 2.59 bits per heavy atom. The molecule has 1 saturated heterocycles. The Balaban J connectivity index is 1.83. The smallest absolute Gasteiger partial charge is 0.0865 e. The van der Waals surface area contributed by atoms with Gasteiger partial charge in [0.2, 0.25) is 0 Å². The molecule has 1 unspecified atom stereocenters. The molecule has 0 aliphatic carbocycles. The monoisotopic (exact) mass is 293 g/mol. The fourth-order valence-electron chi connectivity index (χ4n) is 2.62. The molecule has 3 rings (SSSR count). The lowest BCUT2D eigenvalue weighted by Crippen LogP contribution is -2.40. The van der Waals surface area contributed by atoms with Crippen LogP contribution in [0.25, 0.3) is 0 Å². The molecule has 1 aromatic rings. The molecule has 17 heavy (non-hydrogen) atoms. The molecule has 4 heteroatoms. The van der Waals surface area contributed by atoms with Crippen molar-refractivity contribution in [3.8, 4) is 0 Å². The van der Waals surface area contributed by atoms with Crippen molar-refractivity contribution in [1.29, 1.82) is 0 Å². The standard InChI is InChI=1S/C13H16BrN3/c14-11-5-3-10(4-6-11)13-12(9-15-16-13)17-7-1-2-8-17/h3-6,12,15H,1-2,7-9H2. The number of halogens is 1. The molecule has 0 amide bonds. The summed E-state index contributed by atoms with van der Waals surface area (Å²) in [5.74, 6) is 0. The van der Waals surface area contributed by atoms with Crippen LogP contribution in [0.2, 0.25) is 0 Å². The third kappa shape index (κ3) is 2.24. The minimum atomic E-state index is 0.457. The second-order valence-corrected chi connectivity index (χ2v) is 5.54. The van der Waals surface area contributed by atoms with Crippen LogP contribution in [-0.2, 0) is 0 Å². The molecule has 0 aromatic heterocycles. The van der Waals surface area contributed by atoms with E-state index in [1.54, 1.807) is 0 Å².